The fourth-order valence-corrected chi connectivity index (χ4v) is 8.86. The summed E-state index contributed by atoms with van der Waals surface area (Å²) in [6.07, 6.45) is 34.4. The maximum atomic E-state index is 13.1. The smallest absolute Gasteiger partial charge is 0.311 e. The lowest BCUT2D eigenvalue weighted by Gasteiger charge is -2.31. The first-order chi connectivity index (χ1) is 30.4. The van der Waals surface area contributed by atoms with Gasteiger partial charge in [-0.2, -0.15) is 0 Å². The van der Waals surface area contributed by atoms with Crippen LogP contribution in [0.25, 0.3) is 0 Å². The van der Waals surface area contributed by atoms with Gasteiger partial charge in [0.05, 0.1) is 5.92 Å². The molecule has 362 valence electrons. The number of hydrogen-bond donors (Lipinski definition) is 1. The fourth-order valence-electron chi connectivity index (χ4n) is 8.86. The summed E-state index contributed by atoms with van der Waals surface area (Å²) < 4.78 is 17.8. The third-order valence-electron chi connectivity index (χ3n) is 12.6. The van der Waals surface area contributed by atoms with Crippen LogP contribution in [-0.4, -0.2) is 48.5 Å². The van der Waals surface area contributed by atoms with Gasteiger partial charge >= 0.3 is 23.9 Å². The Morgan fingerprint density at radius 3 is 1.29 bits per heavy atom. The fraction of sp³-hybridized carbons (Fsp3) is 0.796. The number of aliphatic carboxylic acids is 1. The van der Waals surface area contributed by atoms with E-state index in [0.717, 1.165) is 61.5 Å². The highest BCUT2D eigenvalue weighted by atomic mass is 16.5. The molecule has 0 radical (unpaired) electrons. The van der Waals surface area contributed by atoms with Crippen LogP contribution in [0.4, 0.5) is 0 Å². The second-order valence-corrected chi connectivity index (χ2v) is 19.0. The third-order valence-corrected chi connectivity index (χ3v) is 12.6. The summed E-state index contributed by atoms with van der Waals surface area (Å²) in [5, 5.41) is 8.99. The quantitative estimate of drug-likeness (QED) is 0.0295. The molecule has 0 aliphatic rings. The minimum Gasteiger partial charge on any atom is -0.481 e. The van der Waals surface area contributed by atoms with Gasteiger partial charge in [-0.25, -0.2) is 0 Å². The standard InChI is InChI=1S/C54H92O9/c1-7-9-11-13-15-17-19-21-23-25-27-29-31-36-49(58)61-42-46(43-62-50(59)37-32-30-28-26-24-22-20-18-16-14-12-10-8-2)52-44(3)41-47(53(45(52)4)54(5,6)39-40-55)63-51(60)38-34-33-35-48(56)57/h40-41,46H,7-39,42-43H2,1-6H3,(H,56,57). The van der Waals surface area contributed by atoms with Crippen LogP contribution in [0.5, 0.6) is 5.75 Å². The molecule has 0 aliphatic carbocycles. The summed E-state index contributed by atoms with van der Waals surface area (Å²) in [6.45, 7) is 12.2. The normalized spacial score (nSPS) is 11.5. The molecular weight excluding hydrogens is 793 g/mol. The second-order valence-electron chi connectivity index (χ2n) is 19.0. The minimum absolute atomic E-state index is 0.0207. The van der Waals surface area contributed by atoms with E-state index in [-0.39, 0.29) is 44.4 Å². The monoisotopic (exact) mass is 885 g/mol. The first kappa shape index (κ1) is 57.8. The summed E-state index contributed by atoms with van der Waals surface area (Å²) >= 11 is 0. The van der Waals surface area contributed by atoms with Gasteiger partial charge in [0.25, 0.3) is 0 Å². The Bertz CT molecular complexity index is 1350. The molecule has 1 rings (SSSR count). The first-order valence-electron chi connectivity index (χ1n) is 25.7. The SMILES string of the molecule is CCCCCCCCCCCCCCCC(=O)OCC(COC(=O)CCCCCCCCCCCCCCC)c1c(C)cc(OC(=O)CCCCC(=O)O)c(C(C)(C)CC=O)c1C. The van der Waals surface area contributed by atoms with Gasteiger partial charge in [0, 0.05) is 43.1 Å². The van der Waals surface area contributed by atoms with E-state index >= 15 is 0 Å². The summed E-state index contributed by atoms with van der Waals surface area (Å²) in [5.41, 5.74) is 2.40. The number of unbranched alkanes of at least 4 members (excludes halogenated alkanes) is 25. The van der Waals surface area contributed by atoms with E-state index in [0.29, 0.717) is 37.0 Å². The van der Waals surface area contributed by atoms with E-state index in [9.17, 15) is 24.0 Å². The van der Waals surface area contributed by atoms with Gasteiger partial charge in [-0.15, -0.1) is 0 Å². The summed E-state index contributed by atoms with van der Waals surface area (Å²) in [5.74, 6) is -2.05. The van der Waals surface area contributed by atoms with Crippen LogP contribution >= 0.6 is 0 Å². The zero-order valence-electron chi connectivity index (χ0n) is 41.2. The van der Waals surface area contributed by atoms with E-state index in [4.69, 9.17) is 19.3 Å². The van der Waals surface area contributed by atoms with Crippen molar-refractivity contribution in [3.05, 3.63) is 28.3 Å². The number of carboxylic acid groups (broad SMARTS) is 1. The Morgan fingerprint density at radius 2 is 0.905 bits per heavy atom. The van der Waals surface area contributed by atoms with Crippen LogP contribution in [0.15, 0.2) is 6.07 Å². The van der Waals surface area contributed by atoms with Crippen molar-refractivity contribution < 1.29 is 43.3 Å². The molecule has 0 saturated carbocycles. The van der Waals surface area contributed by atoms with Crippen LogP contribution in [0, 0.1) is 13.8 Å². The molecular formula is C54H92O9. The average Bonchev–Trinajstić information content (AvgIpc) is 3.23. The maximum Gasteiger partial charge on any atom is 0.311 e. The number of carbonyl (C=O) groups is 5. The molecule has 63 heavy (non-hydrogen) atoms. The maximum absolute atomic E-state index is 13.1. The van der Waals surface area contributed by atoms with Gasteiger partial charge < -0.3 is 24.1 Å². The highest BCUT2D eigenvalue weighted by molar-refractivity contribution is 5.74. The minimum atomic E-state index is -0.909. The molecule has 0 unspecified atom stereocenters. The van der Waals surface area contributed by atoms with E-state index in [2.05, 4.69) is 13.8 Å². The number of benzene rings is 1. The van der Waals surface area contributed by atoms with E-state index in [1.807, 2.05) is 27.7 Å². The molecule has 1 N–H and O–H groups in total. The topological polar surface area (TPSA) is 133 Å². The highest BCUT2D eigenvalue weighted by Gasteiger charge is 2.32. The summed E-state index contributed by atoms with van der Waals surface area (Å²) in [7, 11) is 0. The number of aryl methyl sites for hydroxylation is 1. The van der Waals surface area contributed by atoms with Crippen LogP contribution in [0.1, 0.15) is 268 Å². The van der Waals surface area contributed by atoms with Crippen molar-refractivity contribution in [1.29, 1.82) is 0 Å². The van der Waals surface area contributed by atoms with Crippen molar-refractivity contribution in [3.8, 4) is 5.75 Å². The number of ether oxygens (including phenoxy) is 3. The predicted octanol–water partition coefficient (Wildman–Crippen LogP) is 14.9. The Kier molecular flexibility index (Phi) is 34.0. The number of hydrogen-bond acceptors (Lipinski definition) is 8. The molecule has 9 nitrogen and oxygen atoms in total. The van der Waals surface area contributed by atoms with Gasteiger partial charge in [0.15, 0.2) is 0 Å². The molecule has 1 aromatic carbocycles. The van der Waals surface area contributed by atoms with Crippen molar-refractivity contribution in [2.24, 2.45) is 0 Å². The third kappa shape index (κ3) is 28.3. The lowest BCUT2D eigenvalue weighted by molar-refractivity contribution is -0.147. The van der Waals surface area contributed by atoms with Crippen molar-refractivity contribution in [3.63, 3.8) is 0 Å². The zero-order chi connectivity index (χ0) is 46.6. The largest absolute Gasteiger partial charge is 0.481 e. The molecule has 0 aliphatic heterocycles. The average molecular weight is 885 g/mol. The van der Waals surface area contributed by atoms with Gasteiger partial charge in [-0.05, 0) is 62.3 Å². The van der Waals surface area contributed by atoms with Crippen molar-refractivity contribution in [1.82, 2.24) is 0 Å². The highest BCUT2D eigenvalue weighted by Crippen LogP contribution is 2.42. The molecule has 9 heteroatoms. The Hall–Kier alpha value is -3.23. The number of carbonyl (C=O) groups excluding carboxylic acids is 4. The van der Waals surface area contributed by atoms with Gasteiger partial charge in [0.1, 0.15) is 25.2 Å². The number of carboxylic acids is 1. The lowest BCUT2D eigenvalue weighted by atomic mass is 9.75. The van der Waals surface area contributed by atoms with Crippen LogP contribution < -0.4 is 4.74 Å². The molecule has 0 fully saturated rings. The Labute approximate surface area is 384 Å². The number of aldehydes is 1. The van der Waals surface area contributed by atoms with Gasteiger partial charge in [0.2, 0.25) is 0 Å². The van der Waals surface area contributed by atoms with Crippen molar-refractivity contribution in [2.75, 3.05) is 13.2 Å². The van der Waals surface area contributed by atoms with E-state index in [1.54, 1.807) is 6.07 Å². The zero-order valence-corrected chi connectivity index (χ0v) is 41.2. The first-order valence-corrected chi connectivity index (χ1v) is 25.7. The molecule has 0 atom stereocenters. The van der Waals surface area contributed by atoms with Gasteiger partial charge in [-0.3, -0.25) is 19.2 Å². The van der Waals surface area contributed by atoms with Crippen molar-refractivity contribution in [2.45, 2.75) is 265 Å². The van der Waals surface area contributed by atoms with Gasteiger partial charge in [-0.1, -0.05) is 182 Å². The molecule has 0 spiro atoms. The molecule has 0 amide bonds. The lowest BCUT2D eigenvalue weighted by Crippen LogP contribution is -2.26. The van der Waals surface area contributed by atoms with Crippen LogP contribution in [0.2, 0.25) is 0 Å². The molecule has 0 aromatic heterocycles. The van der Waals surface area contributed by atoms with Crippen molar-refractivity contribution >= 4 is 30.2 Å². The predicted molar refractivity (Wildman–Crippen MR) is 257 cm³/mol. The second kappa shape index (κ2) is 37.0. The number of rotatable bonds is 42. The van der Waals surface area contributed by atoms with Crippen LogP contribution in [-0.2, 0) is 38.9 Å². The Morgan fingerprint density at radius 1 is 0.556 bits per heavy atom. The van der Waals surface area contributed by atoms with Crippen LogP contribution in [0.3, 0.4) is 0 Å². The Balaban J connectivity index is 2.94. The summed E-state index contributed by atoms with van der Waals surface area (Å²) in [4.78, 5) is 62.1. The molecule has 0 heterocycles. The van der Waals surface area contributed by atoms with E-state index < -0.39 is 23.3 Å². The molecule has 0 bridgehead atoms. The number of esters is 3. The summed E-state index contributed by atoms with van der Waals surface area (Å²) in [6, 6.07) is 1.79. The molecule has 0 saturated heterocycles. The molecule has 1 aromatic rings. The van der Waals surface area contributed by atoms with E-state index in [1.165, 1.54) is 128 Å².